The van der Waals surface area contributed by atoms with Crippen LogP contribution >= 0.6 is 0 Å². The summed E-state index contributed by atoms with van der Waals surface area (Å²) in [6.45, 7) is 11.4. The van der Waals surface area contributed by atoms with Crippen molar-refractivity contribution in [3.8, 4) is 11.1 Å². The summed E-state index contributed by atoms with van der Waals surface area (Å²) < 4.78 is 27.8. The average Bonchev–Trinajstić information content (AvgIpc) is 2.85. The van der Waals surface area contributed by atoms with Crippen LogP contribution < -0.4 is 0 Å². The van der Waals surface area contributed by atoms with Crippen molar-refractivity contribution in [3.05, 3.63) is 89.5 Å². The molecule has 0 saturated carbocycles. The Bertz CT molecular complexity index is 1240. The molecule has 3 aromatic carbocycles. The highest BCUT2D eigenvalue weighted by molar-refractivity contribution is 7.89. The van der Waals surface area contributed by atoms with Gasteiger partial charge in [0.2, 0.25) is 10.0 Å². The standard InChI is InChI=1S/C30H38N2O2S/c1-5-32(35(33,34)30-14-7-6-12-24(30)3)20-9-8-19-31-22-29(25(31)4)27-17-15-26(16-18-27)28-13-10-11-23(2)21-28/h6-7,10-18,21,25,29H,5,8-9,19-20,22H2,1-4H3/t25-,29?/m1/s1. The van der Waals surface area contributed by atoms with E-state index in [9.17, 15) is 8.42 Å². The summed E-state index contributed by atoms with van der Waals surface area (Å²) in [6, 6.07) is 25.5. The van der Waals surface area contributed by atoms with E-state index in [4.69, 9.17) is 0 Å². The fourth-order valence-corrected chi connectivity index (χ4v) is 6.86. The Kier molecular flexibility index (Phi) is 8.10. The Morgan fingerprint density at radius 3 is 2.31 bits per heavy atom. The Balaban J connectivity index is 1.26. The molecule has 4 nitrogen and oxygen atoms in total. The van der Waals surface area contributed by atoms with Crippen molar-refractivity contribution in [1.29, 1.82) is 0 Å². The summed E-state index contributed by atoms with van der Waals surface area (Å²) in [5.74, 6) is 0.565. The Hall–Kier alpha value is -2.47. The normalized spacial score (nSPS) is 18.5. The first-order valence-corrected chi connectivity index (χ1v) is 14.2. The summed E-state index contributed by atoms with van der Waals surface area (Å²) in [6.07, 6.45) is 1.88. The zero-order valence-electron chi connectivity index (χ0n) is 21.4. The van der Waals surface area contributed by atoms with Crippen LogP contribution in [0.5, 0.6) is 0 Å². The van der Waals surface area contributed by atoms with Gasteiger partial charge in [0.25, 0.3) is 0 Å². The van der Waals surface area contributed by atoms with E-state index < -0.39 is 10.0 Å². The monoisotopic (exact) mass is 490 g/mol. The lowest BCUT2D eigenvalue weighted by Gasteiger charge is -2.47. The smallest absolute Gasteiger partial charge is 0.243 e. The molecule has 1 aliphatic heterocycles. The molecule has 0 aromatic heterocycles. The minimum Gasteiger partial charge on any atom is -0.299 e. The zero-order chi connectivity index (χ0) is 25.0. The molecule has 5 heteroatoms. The number of benzene rings is 3. The molecule has 3 aromatic rings. The molecule has 1 unspecified atom stereocenters. The maximum absolute atomic E-state index is 13.1. The van der Waals surface area contributed by atoms with E-state index in [1.54, 1.807) is 16.4 Å². The fourth-order valence-electron chi connectivity index (χ4n) is 5.15. The Morgan fingerprint density at radius 2 is 1.66 bits per heavy atom. The summed E-state index contributed by atoms with van der Waals surface area (Å²) >= 11 is 0. The van der Waals surface area contributed by atoms with Crippen molar-refractivity contribution < 1.29 is 8.42 Å². The average molecular weight is 491 g/mol. The molecule has 4 rings (SSSR count). The number of hydrogen-bond donors (Lipinski definition) is 0. The van der Waals surface area contributed by atoms with Crippen LogP contribution in [0.1, 0.15) is 49.3 Å². The van der Waals surface area contributed by atoms with E-state index in [1.807, 2.05) is 26.0 Å². The highest BCUT2D eigenvalue weighted by Crippen LogP contribution is 2.35. The first-order valence-electron chi connectivity index (χ1n) is 12.8. The predicted molar refractivity (Wildman–Crippen MR) is 145 cm³/mol. The van der Waals surface area contributed by atoms with Gasteiger partial charge in [0.1, 0.15) is 0 Å². The number of hydrogen-bond acceptors (Lipinski definition) is 3. The molecule has 1 heterocycles. The molecule has 0 bridgehead atoms. The van der Waals surface area contributed by atoms with Crippen molar-refractivity contribution in [3.63, 3.8) is 0 Å². The lowest BCUT2D eigenvalue weighted by atomic mass is 9.83. The van der Waals surface area contributed by atoms with Gasteiger partial charge in [0.15, 0.2) is 0 Å². The van der Waals surface area contributed by atoms with Crippen molar-refractivity contribution in [2.75, 3.05) is 26.2 Å². The number of aryl methyl sites for hydroxylation is 2. The van der Waals surface area contributed by atoms with E-state index in [0.29, 0.717) is 29.9 Å². The van der Waals surface area contributed by atoms with Crippen LogP contribution in [0.3, 0.4) is 0 Å². The lowest BCUT2D eigenvalue weighted by molar-refractivity contribution is 0.0705. The molecule has 2 atom stereocenters. The Morgan fingerprint density at radius 1 is 0.914 bits per heavy atom. The molecule has 0 amide bonds. The van der Waals surface area contributed by atoms with Crippen LogP contribution in [0.2, 0.25) is 0 Å². The first kappa shape index (κ1) is 25.6. The molecule has 1 fully saturated rings. The Labute approximate surface area is 211 Å². The molecular weight excluding hydrogens is 452 g/mol. The van der Waals surface area contributed by atoms with Crippen LogP contribution in [0.15, 0.2) is 77.7 Å². The molecule has 1 saturated heterocycles. The van der Waals surface area contributed by atoms with Gasteiger partial charge in [-0.1, -0.05) is 79.2 Å². The minimum atomic E-state index is -3.44. The van der Waals surface area contributed by atoms with Gasteiger partial charge in [-0.2, -0.15) is 4.31 Å². The number of unbranched alkanes of at least 4 members (excludes halogenated alkanes) is 1. The molecule has 0 aliphatic carbocycles. The second-order valence-corrected chi connectivity index (χ2v) is 11.7. The van der Waals surface area contributed by atoms with Crippen molar-refractivity contribution in [1.82, 2.24) is 9.21 Å². The van der Waals surface area contributed by atoms with Gasteiger partial charge in [0.05, 0.1) is 4.90 Å². The van der Waals surface area contributed by atoms with Crippen molar-refractivity contribution in [2.45, 2.75) is 57.4 Å². The number of likely N-dealkylation sites (tertiary alicyclic amines) is 1. The van der Waals surface area contributed by atoms with Gasteiger partial charge in [-0.3, -0.25) is 4.90 Å². The van der Waals surface area contributed by atoms with Gasteiger partial charge in [-0.15, -0.1) is 0 Å². The molecular formula is C30H38N2O2S. The van der Waals surface area contributed by atoms with E-state index in [1.165, 1.54) is 22.3 Å². The second kappa shape index (κ2) is 11.1. The predicted octanol–water partition coefficient (Wildman–Crippen LogP) is 6.25. The minimum absolute atomic E-state index is 0.425. The second-order valence-electron chi connectivity index (χ2n) is 9.80. The third kappa shape index (κ3) is 5.69. The SMILES string of the molecule is CCN(CCCCN1CC(c2ccc(-c3cccc(C)c3)cc2)[C@H]1C)S(=O)(=O)c1ccccc1C. The number of nitrogens with zero attached hydrogens (tertiary/aromatic N) is 2. The summed E-state index contributed by atoms with van der Waals surface area (Å²) in [7, 11) is -3.44. The quantitative estimate of drug-likeness (QED) is 0.316. The fraction of sp³-hybridized carbons (Fsp3) is 0.400. The molecule has 0 N–H and O–H groups in total. The molecule has 0 spiro atoms. The van der Waals surface area contributed by atoms with Gasteiger partial charge in [-0.25, -0.2) is 8.42 Å². The van der Waals surface area contributed by atoms with E-state index in [0.717, 1.165) is 31.5 Å². The largest absolute Gasteiger partial charge is 0.299 e. The van der Waals surface area contributed by atoms with Crippen LogP contribution in [-0.4, -0.2) is 49.8 Å². The molecule has 186 valence electrons. The maximum atomic E-state index is 13.1. The van der Waals surface area contributed by atoms with Gasteiger partial charge in [-0.05, 0) is 68.5 Å². The van der Waals surface area contributed by atoms with Gasteiger partial charge >= 0.3 is 0 Å². The molecule has 1 aliphatic rings. The topological polar surface area (TPSA) is 40.6 Å². The summed E-state index contributed by atoms with van der Waals surface area (Å²) in [5, 5.41) is 0. The van der Waals surface area contributed by atoms with E-state index in [-0.39, 0.29) is 0 Å². The van der Waals surface area contributed by atoms with Gasteiger partial charge < -0.3 is 0 Å². The lowest BCUT2D eigenvalue weighted by Crippen LogP contribution is -2.53. The van der Waals surface area contributed by atoms with Crippen molar-refractivity contribution in [2.24, 2.45) is 0 Å². The van der Waals surface area contributed by atoms with Crippen LogP contribution in [0.4, 0.5) is 0 Å². The highest BCUT2D eigenvalue weighted by atomic mass is 32.2. The zero-order valence-corrected chi connectivity index (χ0v) is 22.3. The maximum Gasteiger partial charge on any atom is 0.243 e. The van der Waals surface area contributed by atoms with Crippen LogP contribution in [-0.2, 0) is 10.0 Å². The first-order chi connectivity index (χ1) is 16.8. The van der Waals surface area contributed by atoms with Crippen molar-refractivity contribution >= 4 is 10.0 Å². The van der Waals surface area contributed by atoms with Gasteiger partial charge in [0, 0.05) is 31.6 Å². The van der Waals surface area contributed by atoms with Crippen LogP contribution in [0.25, 0.3) is 11.1 Å². The highest BCUT2D eigenvalue weighted by Gasteiger charge is 2.35. The number of rotatable bonds is 10. The summed E-state index contributed by atoms with van der Waals surface area (Å²) in [5.41, 5.74) is 6.03. The van der Waals surface area contributed by atoms with E-state index >= 15 is 0 Å². The third-order valence-corrected chi connectivity index (χ3v) is 9.58. The third-order valence-electron chi connectivity index (χ3n) is 7.45. The number of sulfonamides is 1. The molecule has 0 radical (unpaired) electrons. The van der Waals surface area contributed by atoms with Crippen LogP contribution in [0, 0.1) is 13.8 Å². The summed E-state index contributed by atoms with van der Waals surface area (Å²) in [4.78, 5) is 2.94. The van der Waals surface area contributed by atoms with E-state index in [2.05, 4.69) is 67.3 Å². The molecule has 35 heavy (non-hydrogen) atoms.